The van der Waals surface area contributed by atoms with E-state index in [4.69, 9.17) is 0 Å². The van der Waals surface area contributed by atoms with E-state index in [0.717, 1.165) is 12.8 Å². The van der Waals surface area contributed by atoms with Crippen molar-refractivity contribution in [3.05, 3.63) is 144 Å². The maximum atomic E-state index is 2.84. The molecule has 0 bridgehead atoms. The maximum Gasteiger partial charge on any atom is 0.252 e. The molecule has 0 spiro atoms. The van der Waals surface area contributed by atoms with Crippen molar-refractivity contribution in [1.82, 2.24) is 0 Å². The van der Waals surface area contributed by atoms with Crippen LogP contribution in [0, 0.1) is 10.8 Å². The minimum atomic E-state index is -1.62. The quantitative estimate of drug-likeness (QED) is 0.163. The summed E-state index contributed by atoms with van der Waals surface area (Å²) < 4.78 is 0. The van der Waals surface area contributed by atoms with Gasteiger partial charge in [-0.2, -0.15) is 0 Å². The lowest BCUT2D eigenvalue weighted by atomic mass is 9.33. The zero-order valence-electron chi connectivity index (χ0n) is 41.5. The van der Waals surface area contributed by atoms with Gasteiger partial charge in [-0.25, -0.2) is 0 Å². The highest BCUT2D eigenvalue weighted by Gasteiger charge is 2.65. The van der Waals surface area contributed by atoms with E-state index in [9.17, 15) is 0 Å². The van der Waals surface area contributed by atoms with Gasteiger partial charge in [0.15, 0.2) is 0 Å². The van der Waals surface area contributed by atoms with Gasteiger partial charge in [0.25, 0.3) is 6.71 Å². The molecule has 1 fully saturated rings. The molecule has 2 atom stereocenters. The summed E-state index contributed by atoms with van der Waals surface area (Å²) in [5.41, 5.74) is 18.3. The van der Waals surface area contributed by atoms with Crippen LogP contribution in [0.1, 0.15) is 113 Å². The van der Waals surface area contributed by atoms with Crippen LogP contribution in [0.4, 0.5) is 45.5 Å². The molecule has 64 heavy (non-hydrogen) atoms. The van der Waals surface area contributed by atoms with Gasteiger partial charge in [0.2, 0.25) is 0 Å². The van der Waals surface area contributed by atoms with Gasteiger partial charge in [-0.05, 0) is 129 Å². The summed E-state index contributed by atoms with van der Waals surface area (Å²) in [5.74, 6) is 0. The third kappa shape index (κ3) is 6.19. The largest absolute Gasteiger partial charge is 0.334 e. The van der Waals surface area contributed by atoms with E-state index >= 15 is 0 Å². The van der Waals surface area contributed by atoms with Gasteiger partial charge in [0, 0.05) is 50.9 Å². The molecule has 2 unspecified atom stereocenters. The van der Waals surface area contributed by atoms with Crippen LogP contribution in [-0.2, 0) is 16.2 Å². The van der Waals surface area contributed by atoms with Crippen molar-refractivity contribution in [2.45, 2.75) is 137 Å². The normalized spacial score (nSPS) is 21.8. The Kier molecular flexibility index (Phi) is 9.23. The van der Waals surface area contributed by atoms with Gasteiger partial charge >= 0.3 is 0 Å². The van der Waals surface area contributed by atoms with E-state index in [-0.39, 0.29) is 39.3 Å². The summed E-state index contributed by atoms with van der Waals surface area (Å²) in [6.07, 6.45) is 2.20. The van der Waals surface area contributed by atoms with Crippen molar-refractivity contribution in [2.24, 2.45) is 10.8 Å². The van der Waals surface area contributed by atoms with E-state index in [1.807, 2.05) is 0 Å². The van der Waals surface area contributed by atoms with Crippen molar-refractivity contribution in [1.29, 1.82) is 0 Å². The third-order valence-electron chi connectivity index (χ3n) is 16.9. The second-order valence-electron chi connectivity index (χ2n) is 24.8. The molecule has 6 aromatic rings. The minimum absolute atomic E-state index is 0.0105. The summed E-state index contributed by atoms with van der Waals surface area (Å²) in [4.78, 5) is 8.07. The molecule has 10 rings (SSSR count). The first kappa shape index (κ1) is 42.9. The number of nitrogens with zero attached hydrogens (tertiary/aromatic N) is 3. The Morgan fingerprint density at radius 1 is 0.484 bits per heavy atom. The van der Waals surface area contributed by atoms with Gasteiger partial charge in [0.1, 0.15) is 0 Å². The molecule has 3 heterocycles. The maximum absolute atomic E-state index is 2.84. The Hall–Kier alpha value is -5.00. The summed E-state index contributed by atoms with van der Waals surface area (Å²) in [6.45, 7) is 37.0. The van der Waals surface area contributed by atoms with Crippen LogP contribution >= 0.6 is 0 Å². The predicted octanol–water partition coefficient (Wildman–Crippen LogP) is 13.9. The van der Waals surface area contributed by atoms with Gasteiger partial charge in [-0.1, -0.05) is 174 Å². The Bertz CT molecular complexity index is 2860. The van der Waals surface area contributed by atoms with E-state index < -0.39 is 8.07 Å². The fourth-order valence-corrected chi connectivity index (χ4v) is 13.6. The number of benzene rings is 6. The fraction of sp³-hybridized carbons (Fsp3) is 0.390. The number of hydrogen-bond donors (Lipinski definition) is 0. The van der Waals surface area contributed by atoms with E-state index in [0.29, 0.717) is 0 Å². The van der Waals surface area contributed by atoms with Crippen molar-refractivity contribution in [2.75, 3.05) is 14.7 Å². The van der Waals surface area contributed by atoms with Crippen molar-refractivity contribution >= 4 is 81.9 Å². The van der Waals surface area contributed by atoms with Crippen LogP contribution in [0.15, 0.2) is 127 Å². The number of para-hydroxylation sites is 2. The summed E-state index contributed by atoms with van der Waals surface area (Å²) in [5, 5.41) is 1.55. The van der Waals surface area contributed by atoms with Gasteiger partial charge in [0.05, 0.1) is 13.6 Å². The molecule has 5 heteroatoms. The van der Waals surface area contributed by atoms with Crippen molar-refractivity contribution in [3.63, 3.8) is 0 Å². The average molecular weight is 860 g/mol. The lowest BCUT2D eigenvalue weighted by Crippen LogP contribution is -2.63. The highest BCUT2D eigenvalue weighted by atomic mass is 28.3. The van der Waals surface area contributed by atoms with E-state index in [2.05, 4.69) is 245 Å². The molecule has 3 aliphatic heterocycles. The summed E-state index contributed by atoms with van der Waals surface area (Å²) >= 11 is 0. The molecule has 1 saturated carbocycles. The Labute approximate surface area is 387 Å². The molecular weight excluding hydrogens is 790 g/mol. The molecule has 0 amide bonds. The molecule has 3 nitrogen and oxygen atoms in total. The van der Waals surface area contributed by atoms with Crippen molar-refractivity contribution < 1.29 is 0 Å². The molecule has 0 aromatic heterocycles. The molecular formula is C59H70BN3Si. The first-order chi connectivity index (χ1) is 29.9. The first-order valence-electron chi connectivity index (χ1n) is 24.0. The highest BCUT2D eigenvalue weighted by Crippen LogP contribution is 2.68. The zero-order valence-corrected chi connectivity index (χ0v) is 42.5. The second-order valence-corrected chi connectivity index (χ2v) is 29.8. The van der Waals surface area contributed by atoms with Crippen molar-refractivity contribution in [3.8, 4) is 0 Å². The van der Waals surface area contributed by atoms with Crippen LogP contribution < -0.4 is 36.3 Å². The molecule has 1 aliphatic carbocycles. The molecule has 0 saturated heterocycles. The topological polar surface area (TPSA) is 9.72 Å². The molecule has 6 aromatic carbocycles. The second kappa shape index (κ2) is 13.8. The standard InChI is InChI=1S/C59H70BN3Si/c1-54(2,3)39-22-21-25-42(32-39)62-50-33-40(55(4,5)6)28-30-47(50)60-46-26-19-20-27-49(46)61(41-23-17-16-18-24-41)51-34-43(35-52(62)53(51)60)63-48-31-29-44(64(13,14)15)36-45(48)58(11)37-56(7,8)57(9,10)38-59(58,63)12/h16-36H,37-38H2,1-15H3. The van der Waals surface area contributed by atoms with Gasteiger partial charge in [-0.3, -0.25) is 0 Å². The fourth-order valence-electron chi connectivity index (χ4n) is 12.4. The van der Waals surface area contributed by atoms with Gasteiger partial charge in [-0.15, -0.1) is 0 Å². The van der Waals surface area contributed by atoms with Crippen LogP contribution in [0.25, 0.3) is 0 Å². The van der Waals surface area contributed by atoms with Crippen LogP contribution in [-0.4, -0.2) is 20.3 Å². The predicted molar refractivity (Wildman–Crippen MR) is 282 cm³/mol. The smallest absolute Gasteiger partial charge is 0.252 e. The number of rotatable bonds is 4. The van der Waals surface area contributed by atoms with Crippen LogP contribution in [0.2, 0.25) is 19.6 Å². The number of hydrogen-bond acceptors (Lipinski definition) is 3. The summed E-state index contributed by atoms with van der Waals surface area (Å²) in [7, 11) is -1.62. The van der Waals surface area contributed by atoms with E-state index in [1.54, 1.807) is 5.19 Å². The first-order valence-corrected chi connectivity index (χ1v) is 27.5. The Morgan fingerprint density at radius 3 is 1.72 bits per heavy atom. The molecule has 0 N–H and O–H groups in total. The SMILES string of the molecule is CC(C)(C)c1cccc(N2c3cc(C(C)(C)C)ccc3B3c4ccccc4N(c4ccccc4)c4cc(N5c6ccc([Si](C)(C)C)cc6C6(C)CC(C)(C)C(C)(C)CC56C)cc2c43)c1. The monoisotopic (exact) mass is 860 g/mol. The third-order valence-corrected chi connectivity index (χ3v) is 18.9. The Balaban J connectivity index is 1.34. The highest BCUT2D eigenvalue weighted by molar-refractivity contribution is 7.00. The summed E-state index contributed by atoms with van der Waals surface area (Å²) in [6, 6.07) is 50.0. The Morgan fingerprint density at radius 2 is 1.06 bits per heavy atom. The molecule has 0 radical (unpaired) electrons. The lowest BCUT2D eigenvalue weighted by Gasteiger charge is -2.61. The minimum Gasteiger partial charge on any atom is -0.334 e. The van der Waals surface area contributed by atoms with Gasteiger partial charge < -0.3 is 14.7 Å². The van der Waals surface area contributed by atoms with E-state index in [1.165, 1.54) is 78.6 Å². The lowest BCUT2D eigenvalue weighted by molar-refractivity contribution is -0.0311. The number of fused-ring (bicyclic) bond motifs is 7. The molecule has 328 valence electrons. The molecule has 4 aliphatic rings. The van der Waals surface area contributed by atoms with Crippen LogP contribution in [0.3, 0.4) is 0 Å². The van der Waals surface area contributed by atoms with Crippen LogP contribution in [0.5, 0.6) is 0 Å². The average Bonchev–Trinajstić information content (AvgIpc) is 3.40. The zero-order chi connectivity index (χ0) is 45.7. The number of anilines is 8.